The molecule has 0 saturated heterocycles. The average molecular weight is 657 g/mol. The van der Waals surface area contributed by atoms with Crippen molar-refractivity contribution in [3.8, 4) is 23.0 Å². The highest BCUT2D eigenvalue weighted by molar-refractivity contribution is 7.92. The monoisotopic (exact) mass is 656 g/mol. The Balaban J connectivity index is 1.99. The van der Waals surface area contributed by atoms with E-state index in [1.165, 1.54) is 38.1 Å². The third-order valence-electron chi connectivity index (χ3n) is 5.75. The smallest absolute Gasteiger partial charge is 0.378 e. The van der Waals surface area contributed by atoms with Gasteiger partial charge in [-0.25, -0.2) is 26.6 Å². The summed E-state index contributed by atoms with van der Waals surface area (Å²) < 4.78 is 95.4. The Labute approximate surface area is 252 Å². The molecule has 0 aliphatic carbocycles. The molecule has 1 aromatic carbocycles. The van der Waals surface area contributed by atoms with Crippen LogP contribution in [0.15, 0.2) is 42.5 Å². The fraction of sp³-hybridized carbons (Fsp3) is 0.259. The lowest BCUT2D eigenvalue weighted by Crippen LogP contribution is -2.40. The van der Waals surface area contributed by atoms with Gasteiger partial charge in [-0.2, -0.15) is 13.2 Å². The molecule has 3 N–H and O–H groups in total. The number of pyridine rings is 2. The first kappa shape index (κ1) is 32.6. The minimum atomic E-state index is -5.34. The number of anilines is 1. The number of sulfonamides is 1. The van der Waals surface area contributed by atoms with Gasteiger partial charge in [0.25, 0.3) is 0 Å². The van der Waals surface area contributed by atoms with Crippen molar-refractivity contribution in [1.29, 1.82) is 0 Å². The van der Waals surface area contributed by atoms with Gasteiger partial charge in [0.1, 0.15) is 28.1 Å². The summed E-state index contributed by atoms with van der Waals surface area (Å²) in [5.74, 6) is 0.457. The van der Waals surface area contributed by atoms with E-state index in [1.807, 2.05) is 5.32 Å². The minimum absolute atomic E-state index is 0.0339. The van der Waals surface area contributed by atoms with Crippen molar-refractivity contribution in [3.05, 3.63) is 76.2 Å². The van der Waals surface area contributed by atoms with Gasteiger partial charge in [0.15, 0.2) is 5.65 Å². The van der Waals surface area contributed by atoms with E-state index in [1.54, 1.807) is 0 Å². The highest BCUT2D eigenvalue weighted by Crippen LogP contribution is 2.34. The molecule has 0 aliphatic rings. The Morgan fingerprint density at radius 1 is 1.07 bits per heavy atom. The quantitative estimate of drug-likeness (QED) is 0.154. The maximum absolute atomic E-state index is 14.0. The van der Waals surface area contributed by atoms with Crippen molar-refractivity contribution >= 4 is 39.1 Å². The van der Waals surface area contributed by atoms with E-state index < -0.39 is 51.8 Å². The molecule has 1 amide bonds. The molecule has 0 radical (unpaired) electrons. The van der Waals surface area contributed by atoms with E-state index in [0.29, 0.717) is 6.07 Å². The van der Waals surface area contributed by atoms with Crippen LogP contribution in [-0.4, -0.2) is 57.0 Å². The molecule has 3 aromatic heterocycles. The number of benzene rings is 1. The zero-order valence-electron chi connectivity index (χ0n) is 23.0. The summed E-state index contributed by atoms with van der Waals surface area (Å²) in [6.45, 7) is 2.77. The Kier molecular flexibility index (Phi) is 8.87. The molecule has 10 nitrogen and oxygen atoms in total. The highest BCUT2D eigenvalue weighted by atomic mass is 35.5. The third-order valence-corrected chi connectivity index (χ3v) is 6.60. The lowest BCUT2D eigenvalue weighted by molar-refractivity contribution is -0.174. The van der Waals surface area contributed by atoms with Gasteiger partial charge in [0.05, 0.1) is 18.0 Å². The second-order valence-corrected chi connectivity index (χ2v) is 12.2. The number of fused-ring (bicyclic) bond motifs is 1. The summed E-state index contributed by atoms with van der Waals surface area (Å²) in [6.07, 6.45) is -5.03. The topological polar surface area (TPSA) is 139 Å². The average Bonchev–Trinajstić information content (AvgIpc) is 3.28. The Hall–Kier alpha value is -4.33. The number of rotatable bonds is 7. The van der Waals surface area contributed by atoms with Crippen LogP contribution in [0.4, 0.5) is 27.9 Å². The Morgan fingerprint density at radius 2 is 1.70 bits per heavy atom. The van der Waals surface area contributed by atoms with Crippen LogP contribution >= 0.6 is 11.6 Å². The SMILES string of the molecule is CC(C)(O)C#Cc1ccc(-c2ccc(Cl)n3c(NS(C)(=O)=O)nnc23)c([C@H](Cc2cc(F)cc(F)c2)NC(=O)C(F)(F)F)n1. The van der Waals surface area contributed by atoms with Crippen molar-refractivity contribution in [2.75, 3.05) is 11.0 Å². The number of hydrogen-bond acceptors (Lipinski definition) is 7. The summed E-state index contributed by atoms with van der Waals surface area (Å²) in [4.78, 5) is 16.5. The van der Waals surface area contributed by atoms with Crippen LogP contribution in [0.3, 0.4) is 0 Å². The Bertz CT molecular complexity index is 1910. The van der Waals surface area contributed by atoms with Crippen LogP contribution in [0.5, 0.6) is 0 Å². The van der Waals surface area contributed by atoms with E-state index in [9.17, 15) is 40.3 Å². The minimum Gasteiger partial charge on any atom is -0.378 e. The number of nitrogens with zero attached hydrogens (tertiary/aromatic N) is 4. The van der Waals surface area contributed by atoms with E-state index in [0.717, 1.165) is 22.8 Å². The second-order valence-electron chi connectivity index (χ2n) is 10.1. The first-order valence-corrected chi connectivity index (χ1v) is 14.7. The van der Waals surface area contributed by atoms with E-state index in [-0.39, 0.29) is 44.8 Å². The van der Waals surface area contributed by atoms with Gasteiger partial charge in [-0.05, 0) is 68.2 Å². The summed E-state index contributed by atoms with van der Waals surface area (Å²) in [5, 5.41) is 19.6. The van der Waals surface area contributed by atoms with E-state index in [4.69, 9.17) is 11.6 Å². The summed E-state index contributed by atoms with van der Waals surface area (Å²) in [6, 6.07) is 6.18. The number of halogens is 6. The molecule has 0 aliphatic heterocycles. The molecule has 232 valence electrons. The summed E-state index contributed by atoms with van der Waals surface area (Å²) in [7, 11) is -3.84. The maximum Gasteiger partial charge on any atom is 0.471 e. The molecule has 44 heavy (non-hydrogen) atoms. The van der Waals surface area contributed by atoms with E-state index in [2.05, 4.69) is 31.7 Å². The number of aliphatic hydroxyl groups is 1. The van der Waals surface area contributed by atoms with Gasteiger partial charge in [-0.3, -0.25) is 9.52 Å². The lowest BCUT2D eigenvalue weighted by atomic mass is 9.95. The number of aromatic nitrogens is 4. The molecule has 0 bridgehead atoms. The number of carbonyl (C=O) groups excluding carboxylic acids is 1. The molecule has 3 heterocycles. The normalized spacial score (nSPS) is 12.9. The number of alkyl halides is 3. The van der Waals surface area contributed by atoms with Crippen molar-refractivity contribution in [2.45, 2.75) is 38.1 Å². The van der Waals surface area contributed by atoms with Crippen molar-refractivity contribution in [2.24, 2.45) is 0 Å². The van der Waals surface area contributed by atoms with Crippen LogP contribution in [-0.2, 0) is 21.2 Å². The molecule has 0 unspecified atom stereocenters. The third kappa shape index (κ3) is 7.98. The van der Waals surface area contributed by atoms with Crippen molar-refractivity contribution < 1.29 is 40.3 Å². The number of nitrogens with one attached hydrogen (secondary N) is 2. The van der Waals surface area contributed by atoms with Gasteiger partial charge >= 0.3 is 12.1 Å². The summed E-state index contributed by atoms with van der Waals surface area (Å²) >= 11 is 6.30. The molecule has 1 atom stereocenters. The van der Waals surface area contributed by atoms with Gasteiger partial charge in [-0.15, -0.1) is 10.2 Å². The predicted molar refractivity (Wildman–Crippen MR) is 150 cm³/mol. The van der Waals surface area contributed by atoms with Gasteiger partial charge < -0.3 is 10.4 Å². The second kappa shape index (κ2) is 12.0. The molecular weight excluding hydrogens is 635 g/mol. The van der Waals surface area contributed by atoms with Gasteiger partial charge in [-0.1, -0.05) is 17.5 Å². The predicted octanol–water partition coefficient (Wildman–Crippen LogP) is 4.18. The molecule has 0 saturated carbocycles. The summed E-state index contributed by atoms with van der Waals surface area (Å²) in [5.41, 5.74) is -1.73. The van der Waals surface area contributed by atoms with Crippen LogP contribution in [0.2, 0.25) is 5.15 Å². The van der Waals surface area contributed by atoms with Gasteiger partial charge in [0, 0.05) is 17.2 Å². The van der Waals surface area contributed by atoms with Crippen molar-refractivity contribution in [1.82, 2.24) is 24.9 Å². The van der Waals surface area contributed by atoms with Crippen molar-refractivity contribution in [3.63, 3.8) is 0 Å². The molecule has 4 aromatic rings. The largest absolute Gasteiger partial charge is 0.471 e. The number of hydrogen-bond donors (Lipinski definition) is 3. The van der Waals surface area contributed by atoms with Crippen LogP contribution in [0.1, 0.15) is 36.8 Å². The molecule has 17 heteroatoms. The standard InChI is InChI=1S/C27H22ClF5N6O4S/c1-26(2,41)9-8-17-4-5-18(19-6-7-21(28)39-23(19)36-37-25(39)38-44(3,42)43)22(34-17)20(35-24(40)27(31,32)33)12-14-10-15(29)13-16(30)11-14/h4-7,10-11,13,20,41H,12H2,1-3H3,(H,35,40)(H,37,38)/t20-/m0/s1. The molecule has 0 spiro atoms. The fourth-order valence-corrected chi connectivity index (χ4v) is 4.77. The van der Waals surface area contributed by atoms with Gasteiger partial charge in [0.2, 0.25) is 16.0 Å². The fourth-order valence-electron chi connectivity index (χ4n) is 4.08. The molecule has 4 rings (SSSR count). The Morgan fingerprint density at radius 3 is 2.30 bits per heavy atom. The highest BCUT2D eigenvalue weighted by Gasteiger charge is 2.40. The zero-order chi connectivity index (χ0) is 32.6. The first-order valence-electron chi connectivity index (χ1n) is 12.4. The number of carbonyl (C=O) groups is 1. The number of amides is 1. The van der Waals surface area contributed by atoms with Crippen LogP contribution in [0, 0.1) is 23.5 Å². The van der Waals surface area contributed by atoms with E-state index >= 15 is 0 Å². The lowest BCUT2D eigenvalue weighted by Gasteiger charge is -2.23. The molecule has 0 fully saturated rings. The zero-order valence-corrected chi connectivity index (χ0v) is 24.5. The maximum atomic E-state index is 14.0. The van der Waals surface area contributed by atoms with Crippen LogP contribution in [0.25, 0.3) is 16.8 Å². The van der Waals surface area contributed by atoms with Crippen LogP contribution < -0.4 is 10.0 Å². The first-order chi connectivity index (χ1) is 20.3. The molecular formula is C27H22ClF5N6O4S.